The van der Waals surface area contributed by atoms with Gasteiger partial charge in [-0.15, -0.1) is 0 Å². The maximum absolute atomic E-state index is 11.5. The van der Waals surface area contributed by atoms with Crippen LogP contribution in [-0.4, -0.2) is 24.2 Å². The predicted molar refractivity (Wildman–Crippen MR) is 67.1 cm³/mol. The largest absolute Gasteiger partial charge is 0.481 e. The van der Waals surface area contributed by atoms with E-state index in [1.807, 2.05) is 31.2 Å². The second kappa shape index (κ2) is 5.32. The number of nitrogens with one attached hydrogen (secondary N) is 1. The van der Waals surface area contributed by atoms with Gasteiger partial charge in [-0.25, -0.2) is 0 Å². The zero-order valence-corrected chi connectivity index (χ0v) is 10.1. The molecule has 92 valence electrons. The van der Waals surface area contributed by atoms with Crippen LogP contribution in [0, 0.1) is 12.8 Å². The average molecular weight is 233 g/mol. The van der Waals surface area contributed by atoms with Gasteiger partial charge in [0.25, 0.3) is 0 Å². The molecule has 1 aliphatic heterocycles. The summed E-state index contributed by atoms with van der Waals surface area (Å²) in [7, 11) is 0. The molecule has 2 atom stereocenters. The predicted octanol–water partition coefficient (Wildman–Crippen LogP) is 2.16. The van der Waals surface area contributed by atoms with Crippen molar-refractivity contribution in [2.75, 3.05) is 13.1 Å². The summed E-state index contributed by atoms with van der Waals surface area (Å²) in [6.07, 6.45) is 2.07. The molecule has 1 aliphatic rings. The Hall–Kier alpha value is -1.35. The van der Waals surface area contributed by atoms with E-state index in [0.717, 1.165) is 37.1 Å². The van der Waals surface area contributed by atoms with Gasteiger partial charge in [-0.3, -0.25) is 4.79 Å². The van der Waals surface area contributed by atoms with Crippen molar-refractivity contribution in [1.29, 1.82) is 0 Å². The molecule has 2 rings (SSSR count). The lowest BCUT2D eigenvalue weighted by atomic mass is 9.81. The molecule has 0 bridgehead atoms. The molecule has 1 fully saturated rings. The molecule has 17 heavy (non-hydrogen) atoms. The first kappa shape index (κ1) is 12.1. The van der Waals surface area contributed by atoms with Crippen molar-refractivity contribution < 1.29 is 9.90 Å². The van der Waals surface area contributed by atoms with Gasteiger partial charge in [0.2, 0.25) is 0 Å². The zero-order valence-electron chi connectivity index (χ0n) is 10.1. The van der Waals surface area contributed by atoms with Crippen LogP contribution in [0.15, 0.2) is 24.3 Å². The summed E-state index contributed by atoms with van der Waals surface area (Å²) in [5.41, 5.74) is 2.06. The molecule has 1 aromatic carbocycles. The van der Waals surface area contributed by atoms with Gasteiger partial charge in [0.05, 0.1) is 5.92 Å². The van der Waals surface area contributed by atoms with Crippen LogP contribution in [0.25, 0.3) is 0 Å². The Balaban J connectivity index is 2.25. The number of rotatable bonds is 3. The Labute approximate surface area is 102 Å². The van der Waals surface area contributed by atoms with E-state index in [-0.39, 0.29) is 11.8 Å². The third-order valence-electron chi connectivity index (χ3n) is 3.47. The van der Waals surface area contributed by atoms with E-state index in [1.165, 1.54) is 0 Å². The van der Waals surface area contributed by atoms with Crippen LogP contribution < -0.4 is 5.32 Å². The van der Waals surface area contributed by atoms with E-state index in [1.54, 1.807) is 0 Å². The van der Waals surface area contributed by atoms with E-state index in [0.29, 0.717) is 0 Å². The Bertz CT molecular complexity index is 397. The van der Waals surface area contributed by atoms with Crippen LogP contribution in [0.5, 0.6) is 0 Å². The third-order valence-corrected chi connectivity index (χ3v) is 3.47. The fourth-order valence-corrected chi connectivity index (χ4v) is 2.64. The van der Waals surface area contributed by atoms with Crippen LogP contribution in [0.4, 0.5) is 0 Å². The lowest BCUT2D eigenvalue weighted by molar-refractivity contribution is -0.140. The molecule has 3 nitrogen and oxygen atoms in total. The summed E-state index contributed by atoms with van der Waals surface area (Å²) in [5, 5.41) is 12.7. The Morgan fingerprint density at radius 3 is 2.94 bits per heavy atom. The molecule has 0 radical (unpaired) electrons. The fourth-order valence-electron chi connectivity index (χ4n) is 2.64. The lowest BCUT2D eigenvalue weighted by Gasteiger charge is -2.28. The van der Waals surface area contributed by atoms with Crippen molar-refractivity contribution >= 4 is 5.97 Å². The number of aliphatic carboxylic acids is 1. The fraction of sp³-hybridized carbons (Fsp3) is 0.500. The second-order valence-electron chi connectivity index (χ2n) is 4.84. The maximum Gasteiger partial charge on any atom is 0.311 e. The molecule has 1 aromatic rings. The Morgan fingerprint density at radius 2 is 2.35 bits per heavy atom. The molecule has 0 aromatic heterocycles. The van der Waals surface area contributed by atoms with Gasteiger partial charge in [0.1, 0.15) is 0 Å². The quantitative estimate of drug-likeness (QED) is 0.841. The number of hydrogen-bond donors (Lipinski definition) is 2. The summed E-state index contributed by atoms with van der Waals surface area (Å²) < 4.78 is 0. The summed E-state index contributed by atoms with van der Waals surface area (Å²) in [4.78, 5) is 11.5. The minimum absolute atomic E-state index is 0.211. The molecule has 1 heterocycles. The zero-order chi connectivity index (χ0) is 12.3. The number of carboxylic acids is 1. The first-order chi connectivity index (χ1) is 8.18. The molecule has 1 saturated heterocycles. The van der Waals surface area contributed by atoms with Crippen molar-refractivity contribution in [2.45, 2.75) is 25.7 Å². The van der Waals surface area contributed by atoms with Crippen molar-refractivity contribution in [1.82, 2.24) is 5.32 Å². The Kier molecular flexibility index (Phi) is 3.79. The first-order valence-corrected chi connectivity index (χ1v) is 6.18. The average Bonchev–Trinajstić information content (AvgIpc) is 2.30. The van der Waals surface area contributed by atoms with Gasteiger partial charge in [-0.05, 0) is 44.3 Å². The molecule has 0 amide bonds. The molecule has 2 N–H and O–H groups in total. The monoisotopic (exact) mass is 233 g/mol. The summed E-state index contributed by atoms with van der Waals surface area (Å²) in [5.74, 6) is -0.866. The summed E-state index contributed by atoms with van der Waals surface area (Å²) in [6, 6.07) is 7.87. The molecule has 0 aliphatic carbocycles. The summed E-state index contributed by atoms with van der Waals surface area (Å²) >= 11 is 0. The normalized spacial score (nSPS) is 22.1. The highest BCUT2D eigenvalue weighted by Crippen LogP contribution is 2.30. The number of piperidine rings is 1. The van der Waals surface area contributed by atoms with Gasteiger partial charge in [-0.2, -0.15) is 0 Å². The Morgan fingerprint density at radius 1 is 1.53 bits per heavy atom. The van der Waals surface area contributed by atoms with Gasteiger partial charge < -0.3 is 10.4 Å². The maximum atomic E-state index is 11.5. The lowest BCUT2D eigenvalue weighted by Crippen LogP contribution is -2.36. The van der Waals surface area contributed by atoms with Crippen LogP contribution in [0.3, 0.4) is 0 Å². The van der Waals surface area contributed by atoms with E-state index in [9.17, 15) is 9.90 Å². The van der Waals surface area contributed by atoms with Crippen LogP contribution in [0.2, 0.25) is 0 Å². The smallest absolute Gasteiger partial charge is 0.311 e. The number of carboxylic acid groups (broad SMARTS) is 1. The SMILES string of the molecule is Cc1cccc(C(C(=O)O)C2CCCNC2)c1. The van der Waals surface area contributed by atoms with Crippen molar-refractivity contribution in [2.24, 2.45) is 5.92 Å². The highest BCUT2D eigenvalue weighted by Gasteiger charge is 2.30. The van der Waals surface area contributed by atoms with Crippen molar-refractivity contribution in [3.05, 3.63) is 35.4 Å². The molecular formula is C14H19NO2. The molecule has 2 unspecified atom stereocenters. The van der Waals surface area contributed by atoms with E-state index < -0.39 is 5.97 Å². The first-order valence-electron chi connectivity index (χ1n) is 6.18. The third kappa shape index (κ3) is 2.86. The molecule has 0 spiro atoms. The highest BCUT2D eigenvalue weighted by atomic mass is 16.4. The molecular weight excluding hydrogens is 214 g/mol. The molecule has 3 heteroatoms. The van der Waals surface area contributed by atoms with Crippen LogP contribution in [0.1, 0.15) is 29.9 Å². The standard InChI is InChI=1S/C14H19NO2/c1-10-4-2-5-11(8-10)13(14(16)17)12-6-3-7-15-9-12/h2,4-5,8,12-13,15H,3,6-7,9H2,1H3,(H,16,17). The number of hydrogen-bond acceptors (Lipinski definition) is 2. The minimum Gasteiger partial charge on any atom is -0.481 e. The van der Waals surface area contributed by atoms with Gasteiger partial charge in [0, 0.05) is 0 Å². The number of aryl methyl sites for hydroxylation is 1. The van der Waals surface area contributed by atoms with E-state index >= 15 is 0 Å². The van der Waals surface area contributed by atoms with Gasteiger partial charge >= 0.3 is 5.97 Å². The number of benzene rings is 1. The second-order valence-corrected chi connectivity index (χ2v) is 4.84. The van der Waals surface area contributed by atoms with Gasteiger partial charge in [-0.1, -0.05) is 29.8 Å². The molecule has 0 saturated carbocycles. The summed E-state index contributed by atoms with van der Waals surface area (Å²) in [6.45, 7) is 3.82. The van der Waals surface area contributed by atoms with Crippen molar-refractivity contribution in [3.63, 3.8) is 0 Å². The topological polar surface area (TPSA) is 49.3 Å². The van der Waals surface area contributed by atoms with Gasteiger partial charge in [0.15, 0.2) is 0 Å². The van der Waals surface area contributed by atoms with Crippen molar-refractivity contribution in [3.8, 4) is 0 Å². The minimum atomic E-state index is -0.704. The van der Waals surface area contributed by atoms with Crippen LogP contribution >= 0.6 is 0 Å². The number of carbonyl (C=O) groups is 1. The van der Waals surface area contributed by atoms with E-state index in [4.69, 9.17) is 0 Å². The highest BCUT2D eigenvalue weighted by molar-refractivity contribution is 5.76. The van der Waals surface area contributed by atoms with Crippen LogP contribution in [-0.2, 0) is 4.79 Å². The van der Waals surface area contributed by atoms with E-state index in [2.05, 4.69) is 5.32 Å².